The number of halogens is 1. The summed E-state index contributed by atoms with van der Waals surface area (Å²) in [5.41, 5.74) is 0. The first-order valence-electron chi connectivity index (χ1n) is 4.66. The molecule has 0 radical (unpaired) electrons. The molecule has 2 rings (SSSR count). The van der Waals surface area contributed by atoms with Crippen molar-refractivity contribution in [2.24, 2.45) is 5.92 Å². The van der Waals surface area contributed by atoms with Crippen molar-refractivity contribution in [3.05, 3.63) is 22.6 Å². The van der Waals surface area contributed by atoms with Crippen LogP contribution in [0.1, 0.15) is 25.0 Å². The van der Waals surface area contributed by atoms with E-state index in [4.69, 9.17) is 4.42 Å². The fourth-order valence-electron chi connectivity index (χ4n) is 1.98. The molecule has 1 fully saturated rings. The van der Waals surface area contributed by atoms with Crippen LogP contribution in [0.2, 0.25) is 0 Å². The Morgan fingerprint density at radius 1 is 1.46 bits per heavy atom. The first-order chi connectivity index (χ1) is 6.24. The minimum atomic E-state index is -0.0802. The van der Waals surface area contributed by atoms with E-state index in [-0.39, 0.29) is 6.10 Å². The van der Waals surface area contributed by atoms with Crippen molar-refractivity contribution in [2.75, 3.05) is 0 Å². The summed E-state index contributed by atoms with van der Waals surface area (Å²) in [5, 5.41) is 9.34. The Balaban J connectivity index is 1.91. The topological polar surface area (TPSA) is 33.4 Å². The number of aliphatic hydroxyl groups excluding tert-OH is 1. The summed E-state index contributed by atoms with van der Waals surface area (Å²) in [7, 11) is 0. The number of hydrogen-bond donors (Lipinski definition) is 1. The molecular weight excluding hydrogens is 232 g/mol. The van der Waals surface area contributed by atoms with Gasteiger partial charge in [0.1, 0.15) is 5.76 Å². The highest BCUT2D eigenvalue weighted by Crippen LogP contribution is 2.29. The normalized spacial score (nSPS) is 28.2. The Kier molecular flexibility index (Phi) is 2.74. The number of aliphatic hydroxyl groups is 1. The molecule has 0 aliphatic heterocycles. The van der Waals surface area contributed by atoms with Crippen molar-refractivity contribution in [3.63, 3.8) is 0 Å². The van der Waals surface area contributed by atoms with Crippen LogP contribution >= 0.6 is 15.9 Å². The summed E-state index contributed by atoms with van der Waals surface area (Å²) in [6.45, 7) is 0. The van der Waals surface area contributed by atoms with E-state index in [2.05, 4.69) is 15.9 Å². The molecule has 0 saturated heterocycles. The Bertz CT molecular complexity index is 282. The van der Waals surface area contributed by atoms with E-state index in [9.17, 15) is 5.11 Å². The lowest BCUT2D eigenvalue weighted by Crippen LogP contribution is -2.02. The van der Waals surface area contributed by atoms with Gasteiger partial charge in [0.15, 0.2) is 4.67 Å². The second-order valence-electron chi connectivity index (χ2n) is 3.74. The average molecular weight is 245 g/mol. The van der Waals surface area contributed by atoms with Crippen LogP contribution < -0.4 is 0 Å². The van der Waals surface area contributed by atoms with Crippen LogP contribution in [-0.2, 0) is 6.42 Å². The molecule has 3 heteroatoms. The smallest absolute Gasteiger partial charge is 0.169 e. The highest BCUT2D eigenvalue weighted by atomic mass is 79.9. The van der Waals surface area contributed by atoms with Crippen LogP contribution in [0.4, 0.5) is 0 Å². The minimum absolute atomic E-state index is 0.0802. The molecule has 2 nitrogen and oxygen atoms in total. The molecule has 13 heavy (non-hydrogen) atoms. The highest BCUT2D eigenvalue weighted by Gasteiger charge is 2.23. The van der Waals surface area contributed by atoms with E-state index in [1.54, 1.807) is 0 Å². The van der Waals surface area contributed by atoms with E-state index < -0.39 is 0 Å². The predicted molar refractivity (Wildman–Crippen MR) is 53.5 cm³/mol. The molecule has 1 heterocycles. The van der Waals surface area contributed by atoms with Gasteiger partial charge in [-0.15, -0.1) is 0 Å². The van der Waals surface area contributed by atoms with Crippen molar-refractivity contribution in [2.45, 2.75) is 31.8 Å². The van der Waals surface area contributed by atoms with Crippen molar-refractivity contribution in [1.82, 2.24) is 0 Å². The van der Waals surface area contributed by atoms with Gasteiger partial charge >= 0.3 is 0 Å². The quantitative estimate of drug-likeness (QED) is 0.869. The molecule has 1 aromatic heterocycles. The third-order valence-electron chi connectivity index (χ3n) is 2.63. The Labute approximate surface area is 86.1 Å². The maximum atomic E-state index is 9.34. The molecule has 2 atom stereocenters. The van der Waals surface area contributed by atoms with Crippen molar-refractivity contribution in [1.29, 1.82) is 0 Å². The average Bonchev–Trinajstić information content (AvgIpc) is 2.62. The first-order valence-corrected chi connectivity index (χ1v) is 5.45. The molecule has 1 aromatic rings. The lowest BCUT2D eigenvalue weighted by atomic mass is 10.0. The fraction of sp³-hybridized carbons (Fsp3) is 0.600. The molecule has 0 aromatic carbocycles. The highest BCUT2D eigenvalue weighted by molar-refractivity contribution is 9.10. The zero-order valence-electron chi connectivity index (χ0n) is 7.37. The molecule has 1 N–H and O–H groups in total. The summed E-state index contributed by atoms with van der Waals surface area (Å²) in [4.78, 5) is 0. The molecule has 72 valence electrons. The van der Waals surface area contributed by atoms with Gasteiger partial charge in [0, 0.05) is 6.42 Å². The van der Waals surface area contributed by atoms with E-state index in [0.717, 1.165) is 36.1 Å². The van der Waals surface area contributed by atoms with Crippen LogP contribution in [0.25, 0.3) is 0 Å². The largest absolute Gasteiger partial charge is 0.454 e. The standard InChI is InChI=1S/C10H13BrO2/c11-10-4-3-9(13-10)6-7-1-2-8(12)5-7/h3-4,7-8,12H,1-2,5-6H2. The fourth-order valence-corrected chi connectivity index (χ4v) is 2.32. The Morgan fingerprint density at radius 3 is 2.85 bits per heavy atom. The van der Waals surface area contributed by atoms with E-state index in [1.807, 2.05) is 12.1 Å². The van der Waals surface area contributed by atoms with Gasteiger partial charge in [-0.25, -0.2) is 0 Å². The first kappa shape index (κ1) is 9.28. The lowest BCUT2D eigenvalue weighted by Gasteiger charge is -2.05. The van der Waals surface area contributed by atoms with Gasteiger partial charge in [-0.1, -0.05) is 0 Å². The summed E-state index contributed by atoms with van der Waals surface area (Å²) >= 11 is 3.28. The number of rotatable bonds is 2. The van der Waals surface area contributed by atoms with Crippen LogP contribution in [0.3, 0.4) is 0 Å². The zero-order chi connectivity index (χ0) is 9.26. The van der Waals surface area contributed by atoms with Crippen molar-refractivity contribution < 1.29 is 9.52 Å². The van der Waals surface area contributed by atoms with E-state index in [0.29, 0.717) is 5.92 Å². The van der Waals surface area contributed by atoms with Crippen LogP contribution in [0.15, 0.2) is 21.2 Å². The third kappa shape index (κ3) is 2.35. The molecule has 0 bridgehead atoms. The molecule has 1 aliphatic carbocycles. The molecule has 0 spiro atoms. The van der Waals surface area contributed by atoms with Gasteiger partial charge in [0.2, 0.25) is 0 Å². The zero-order valence-corrected chi connectivity index (χ0v) is 8.96. The second-order valence-corrected chi connectivity index (χ2v) is 4.52. The predicted octanol–water partition coefficient (Wildman–Crippen LogP) is 2.75. The third-order valence-corrected chi connectivity index (χ3v) is 3.06. The van der Waals surface area contributed by atoms with Crippen LogP contribution in [-0.4, -0.2) is 11.2 Å². The van der Waals surface area contributed by atoms with Gasteiger partial charge in [-0.05, 0) is 53.2 Å². The van der Waals surface area contributed by atoms with Gasteiger partial charge < -0.3 is 9.52 Å². The van der Waals surface area contributed by atoms with Crippen LogP contribution in [0.5, 0.6) is 0 Å². The molecule has 0 amide bonds. The Morgan fingerprint density at radius 2 is 2.31 bits per heavy atom. The maximum Gasteiger partial charge on any atom is 0.169 e. The van der Waals surface area contributed by atoms with Crippen molar-refractivity contribution >= 4 is 15.9 Å². The van der Waals surface area contributed by atoms with E-state index in [1.165, 1.54) is 0 Å². The van der Waals surface area contributed by atoms with Gasteiger partial charge in [-0.2, -0.15) is 0 Å². The van der Waals surface area contributed by atoms with E-state index >= 15 is 0 Å². The maximum absolute atomic E-state index is 9.34. The number of hydrogen-bond acceptors (Lipinski definition) is 2. The second kappa shape index (κ2) is 3.84. The summed E-state index contributed by atoms with van der Waals surface area (Å²) in [5.74, 6) is 1.62. The molecule has 2 unspecified atom stereocenters. The van der Waals surface area contributed by atoms with Crippen LogP contribution in [0, 0.1) is 5.92 Å². The Hall–Kier alpha value is -0.280. The monoisotopic (exact) mass is 244 g/mol. The molecule has 1 aliphatic rings. The molecular formula is C10H13BrO2. The van der Waals surface area contributed by atoms with Gasteiger partial charge in [0.25, 0.3) is 0 Å². The minimum Gasteiger partial charge on any atom is -0.454 e. The molecule has 1 saturated carbocycles. The SMILES string of the molecule is OC1CCC(Cc2ccc(Br)o2)C1. The summed E-state index contributed by atoms with van der Waals surface area (Å²) < 4.78 is 6.21. The van der Waals surface area contributed by atoms with Gasteiger partial charge in [-0.3, -0.25) is 0 Å². The summed E-state index contributed by atoms with van der Waals surface area (Å²) in [6, 6.07) is 3.91. The number of furan rings is 1. The summed E-state index contributed by atoms with van der Waals surface area (Å²) in [6.07, 6.45) is 3.89. The lowest BCUT2D eigenvalue weighted by molar-refractivity contribution is 0.177. The van der Waals surface area contributed by atoms with Crippen molar-refractivity contribution in [3.8, 4) is 0 Å². The van der Waals surface area contributed by atoms with Gasteiger partial charge in [0.05, 0.1) is 6.10 Å².